The number of amides is 4. The normalized spacial score (nSPS) is 14.0. The molecular formula is C16H21N3O4. The molecule has 7 nitrogen and oxygen atoms in total. The number of carbonyl (C=O) groups is 3. The minimum atomic E-state index is -0.599. The van der Waals surface area contributed by atoms with Gasteiger partial charge in [0.25, 0.3) is 11.8 Å². The van der Waals surface area contributed by atoms with Crippen LogP contribution in [0.3, 0.4) is 0 Å². The third-order valence-electron chi connectivity index (χ3n) is 3.41. The molecule has 0 aromatic heterocycles. The van der Waals surface area contributed by atoms with Gasteiger partial charge in [-0.05, 0) is 39.0 Å². The van der Waals surface area contributed by atoms with Crippen LogP contribution in [0.5, 0.6) is 0 Å². The van der Waals surface area contributed by atoms with Gasteiger partial charge in [0.1, 0.15) is 0 Å². The summed E-state index contributed by atoms with van der Waals surface area (Å²) in [5.74, 6) is -0.658. The quantitative estimate of drug-likeness (QED) is 0.655. The van der Waals surface area contributed by atoms with Crippen LogP contribution in [-0.2, 0) is 4.74 Å². The molecule has 124 valence electrons. The maximum Gasteiger partial charge on any atom is 0.319 e. The van der Waals surface area contributed by atoms with Gasteiger partial charge in [-0.25, -0.2) is 4.79 Å². The van der Waals surface area contributed by atoms with Crippen LogP contribution in [0.1, 0.15) is 41.5 Å². The summed E-state index contributed by atoms with van der Waals surface area (Å²) >= 11 is 0. The maximum atomic E-state index is 12.5. The second kappa shape index (κ2) is 6.37. The molecular weight excluding hydrogens is 298 g/mol. The Bertz CT molecular complexity index is 649. The molecule has 1 aliphatic rings. The first kappa shape index (κ1) is 17.0. The Morgan fingerprint density at radius 2 is 1.83 bits per heavy atom. The lowest BCUT2D eigenvalue weighted by Gasteiger charge is -2.29. The minimum absolute atomic E-state index is 0.305. The third-order valence-corrected chi connectivity index (χ3v) is 3.41. The number of urea groups is 1. The lowest BCUT2D eigenvalue weighted by molar-refractivity contribution is 0.0507. The monoisotopic (exact) mass is 319 g/mol. The van der Waals surface area contributed by atoms with Gasteiger partial charge < -0.3 is 15.4 Å². The Balaban J connectivity index is 2.16. The number of hydrogen-bond acceptors (Lipinski definition) is 4. The fraction of sp³-hybridized carbons (Fsp3) is 0.438. The minimum Gasteiger partial charge on any atom is -0.383 e. The van der Waals surface area contributed by atoms with Crippen molar-refractivity contribution in [3.8, 4) is 0 Å². The molecule has 1 aromatic rings. The van der Waals surface area contributed by atoms with Crippen LogP contribution in [-0.4, -0.2) is 48.5 Å². The molecule has 23 heavy (non-hydrogen) atoms. The first-order valence-corrected chi connectivity index (χ1v) is 7.32. The molecule has 0 spiro atoms. The standard InChI is InChI=1S/C16H21N3O4/c1-16(2,3)19-13(20)11-6-5-10(9-12(11)14(19)21)18-15(22)17-7-8-23-4/h5-6,9H,7-8H2,1-4H3,(H2,17,18,22). The molecule has 0 aliphatic carbocycles. The fourth-order valence-corrected chi connectivity index (χ4v) is 2.37. The average Bonchev–Trinajstić information content (AvgIpc) is 2.70. The van der Waals surface area contributed by atoms with E-state index in [1.54, 1.807) is 40.0 Å². The number of ether oxygens (including phenoxy) is 1. The molecule has 0 fully saturated rings. The zero-order valence-electron chi connectivity index (χ0n) is 13.7. The zero-order valence-corrected chi connectivity index (χ0v) is 13.7. The maximum absolute atomic E-state index is 12.5. The van der Waals surface area contributed by atoms with E-state index in [9.17, 15) is 14.4 Å². The Morgan fingerprint density at radius 1 is 1.17 bits per heavy atom. The second-order valence-corrected chi connectivity index (χ2v) is 6.25. The van der Waals surface area contributed by atoms with E-state index in [2.05, 4.69) is 10.6 Å². The molecule has 1 aromatic carbocycles. The molecule has 2 N–H and O–H groups in total. The summed E-state index contributed by atoms with van der Waals surface area (Å²) in [6.07, 6.45) is 0. The van der Waals surface area contributed by atoms with Gasteiger partial charge in [-0.1, -0.05) is 0 Å². The van der Waals surface area contributed by atoms with Crippen molar-refractivity contribution in [2.75, 3.05) is 25.6 Å². The van der Waals surface area contributed by atoms with Gasteiger partial charge >= 0.3 is 6.03 Å². The predicted molar refractivity (Wildman–Crippen MR) is 85.6 cm³/mol. The average molecular weight is 319 g/mol. The summed E-state index contributed by atoms with van der Waals surface area (Å²) in [7, 11) is 1.55. The van der Waals surface area contributed by atoms with Gasteiger partial charge in [0, 0.05) is 24.9 Å². The van der Waals surface area contributed by atoms with Crippen LogP contribution in [0.2, 0.25) is 0 Å². The van der Waals surface area contributed by atoms with Crippen molar-refractivity contribution in [1.82, 2.24) is 10.2 Å². The van der Waals surface area contributed by atoms with Gasteiger partial charge in [0.2, 0.25) is 0 Å². The van der Waals surface area contributed by atoms with Crippen LogP contribution < -0.4 is 10.6 Å². The number of anilines is 1. The summed E-state index contributed by atoms with van der Waals surface area (Å²) in [4.78, 5) is 37.8. The van der Waals surface area contributed by atoms with E-state index >= 15 is 0 Å². The van der Waals surface area contributed by atoms with Crippen LogP contribution in [0.4, 0.5) is 10.5 Å². The molecule has 1 heterocycles. The molecule has 7 heteroatoms. The topological polar surface area (TPSA) is 87.7 Å². The van der Waals surface area contributed by atoms with Crippen molar-refractivity contribution in [2.24, 2.45) is 0 Å². The van der Waals surface area contributed by atoms with Gasteiger partial charge in [0.15, 0.2) is 0 Å². The first-order chi connectivity index (χ1) is 10.8. The van der Waals surface area contributed by atoms with Gasteiger partial charge in [-0.3, -0.25) is 14.5 Å². The number of fused-ring (bicyclic) bond motifs is 1. The molecule has 0 atom stereocenters. The Kier molecular flexibility index (Phi) is 4.70. The Morgan fingerprint density at radius 3 is 2.43 bits per heavy atom. The van der Waals surface area contributed by atoms with Gasteiger partial charge in [-0.2, -0.15) is 0 Å². The van der Waals surface area contributed by atoms with Crippen molar-refractivity contribution in [1.29, 1.82) is 0 Å². The molecule has 2 rings (SSSR count). The second-order valence-electron chi connectivity index (χ2n) is 6.25. The van der Waals surface area contributed by atoms with E-state index < -0.39 is 11.6 Å². The molecule has 0 unspecified atom stereocenters. The van der Waals surface area contributed by atoms with E-state index in [1.807, 2.05) is 0 Å². The van der Waals surface area contributed by atoms with Gasteiger partial charge in [-0.15, -0.1) is 0 Å². The van der Waals surface area contributed by atoms with Crippen LogP contribution in [0.25, 0.3) is 0 Å². The number of rotatable bonds is 4. The van der Waals surface area contributed by atoms with Crippen molar-refractivity contribution >= 4 is 23.5 Å². The molecule has 0 saturated carbocycles. The third kappa shape index (κ3) is 3.50. The van der Waals surface area contributed by atoms with Crippen molar-refractivity contribution in [3.63, 3.8) is 0 Å². The highest BCUT2D eigenvalue weighted by Crippen LogP contribution is 2.30. The lowest BCUT2D eigenvalue weighted by atomic mass is 10.1. The highest BCUT2D eigenvalue weighted by molar-refractivity contribution is 6.22. The van der Waals surface area contributed by atoms with Crippen LogP contribution >= 0.6 is 0 Å². The number of benzene rings is 1. The molecule has 0 radical (unpaired) electrons. The van der Waals surface area contributed by atoms with E-state index in [-0.39, 0.29) is 11.8 Å². The van der Waals surface area contributed by atoms with Crippen LogP contribution in [0.15, 0.2) is 18.2 Å². The van der Waals surface area contributed by atoms with Crippen LogP contribution in [0, 0.1) is 0 Å². The molecule has 4 amide bonds. The zero-order chi connectivity index (χ0) is 17.2. The molecule has 0 bridgehead atoms. The molecule has 1 aliphatic heterocycles. The highest BCUT2D eigenvalue weighted by atomic mass is 16.5. The number of methoxy groups -OCH3 is 1. The number of carbonyl (C=O) groups excluding carboxylic acids is 3. The lowest BCUT2D eigenvalue weighted by Crippen LogP contribution is -2.45. The van der Waals surface area contributed by atoms with Gasteiger partial charge in [0.05, 0.1) is 17.7 Å². The van der Waals surface area contributed by atoms with E-state index in [0.717, 1.165) is 0 Å². The predicted octanol–water partition coefficient (Wildman–Crippen LogP) is 1.85. The Hall–Kier alpha value is -2.41. The summed E-state index contributed by atoms with van der Waals surface area (Å²) in [6, 6.07) is 4.29. The number of imide groups is 1. The van der Waals surface area contributed by atoms with Crippen molar-refractivity contribution in [2.45, 2.75) is 26.3 Å². The van der Waals surface area contributed by atoms with Crippen molar-refractivity contribution in [3.05, 3.63) is 29.3 Å². The summed E-state index contributed by atoms with van der Waals surface area (Å²) in [5, 5.41) is 5.25. The highest BCUT2D eigenvalue weighted by Gasteiger charge is 2.41. The summed E-state index contributed by atoms with van der Waals surface area (Å²) in [5.41, 5.74) is 0.517. The fourth-order valence-electron chi connectivity index (χ4n) is 2.37. The SMILES string of the molecule is COCCNC(=O)Nc1ccc2c(c1)C(=O)N(C(C)(C)C)C2=O. The Labute approximate surface area is 135 Å². The van der Waals surface area contributed by atoms with Crippen molar-refractivity contribution < 1.29 is 19.1 Å². The summed E-state index contributed by atoms with van der Waals surface area (Å²) in [6.45, 7) is 6.19. The number of nitrogens with zero attached hydrogens (tertiary/aromatic N) is 1. The van der Waals surface area contributed by atoms with E-state index in [4.69, 9.17) is 4.74 Å². The number of nitrogens with one attached hydrogen (secondary N) is 2. The smallest absolute Gasteiger partial charge is 0.319 e. The number of hydrogen-bond donors (Lipinski definition) is 2. The largest absolute Gasteiger partial charge is 0.383 e. The summed E-state index contributed by atoms with van der Waals surface area (Å²) < 4.78 is 4.84. The van der Waals surface area contributed by atoms with E-state index in [0.29, 0.717) is 30.0 Å². The van der Waals surface area contributed by atoms with E-state index in [1.165, 1.54) is 11.0 Å². The first-order valence-electron chi connectivity index (χ1n) is 7.32. The molecule has 0 saturated heterocycles.